The molecule has 2 aliphatic carbocycles. The number of hydrogen-bond acceptors (Lipinski definition) is 6. The predicted octanol–water partition coefficient (Wildman–Crippen LogP) is 4.05. The standard InChI is InChI=1S/C20H27N3O2S/c1-12(10-25-14-8-9-24-11-14)21-19-17-15-4-2-3-5-16(15)26-20(17)23-18(22-19)13-6-7-13/h12-14H,2-11H2,1H3,(H,21,22,23). The molecular weight excluding hydrogens is 346 g/mol. The molecule has 2 aromatic rings. The number of ether oxygens (including phenoxy) is 2. The van der Waals surface area contributed by atoms with E-state index in [1.807, 2.05) is 11.3 Å². The molecule has 2 atom stereocenters. The summed E-state index contributed by atoms with van der Waals surface area (Å²) < 4.78 is 11.4. The lowest BCUT2D eigenvalue weighted by molar-refractivity contribution is 0.0395. The Labute approximate surface area is 158 Å². The molecular formula is C20H27N3O2S. The number of rotatable bonds is 6. The van der Waals surface area contributed by atoms with Crippen LogP contribution in [0.25, 0.3) is 10.2 Å². The number of fused-ring (bicyclic) bond motifs is 3. The number of nitrogens with one attached hydrogen (secondary N) is 1. The van der Waals surface area contributed by atoms with E-state index in [1.165, 1.54) is 59.2 Å². The zero-order chi connectivity index (χ0) is 17.5. The van der Waals surface area contributed by atoms with Gasteiger partial charge in [-0.05, 0) is 57.4 Å². The maximum absolute atomic E-state index is 6.00. The van der Waals surface area contributed by atoms with Crippen molar-refractivity contribution in [1.29, 1.82) is 0 Å². The van der Waals surface area contributed by atoms with Crippen molar-refractivity contribution >= 4 is 27.4 Å². The van der Waals surface area contributed by atoms with Crippen LogP contribution >= 0.6 is 11.3 Å². The van der Waals surface area contributed by atoms with E-state index < -0.39 is 0 Å². The van der Waals surface area contributed by atoms with Crippen molar-refractivity contribution in [2.45, 2.75) is 69.9 Å². The van der Waals surface area contributed by atoms with E-state index in [1.54, 1.807) is 0 Å². The smallest absolute Gasteiger partial charge is 0.139 e. The first-order valence-electron chi connectivity index (χ1n) is 10.1. The number of hydrogen-bond donors (Lipinski definition) is 1. The zero-order valence-corrected chi connectivity index (χ0v) is 16.2. The van der Waals surface area contributed by atoms with Crippen molar-refractivity contribution in [1.82, 2.24) is 9.97 Å². The molecule has 6 heteroatoms. The monoisotopic (exact) mass is 373 g/mol. The number of nitrogens with zero attached hydrogens (tertiary/aromatic N) is 2. The summed E-state index contributed by atoms with van der Waals surface area (Å²) in [4.78, 5) is 12.6. The van der Waals surface area contributed by atoms with Crippen LogP contribution in [0.1, 0.15) is 61.2 Å². The van der Waals surface area contributed by atoms with Gasteiger partial charge in [0.1, 0.15) is 16.5 Å². The molecule has 140 valence electrons. The number of aromatic nitrogens is 2. The van der Waals surface area contributed by atoms with E-state index in [0.29, 0.717) is 12.5 Å². The minimum absolute atomic E-state index is 0.222. The predicted molar refractivity (Wildman–Crippen MR) is 104 cm³/mol. The normalized spacial score (nSPS) is 24.0. The van der Waals surface area contributed by atoms with E-state index in [9.17, 15) is 0 Å². The molecule has 1 N–H and O–H groups in total. The minimum Gasteiger partial charge on any atom is -0.379 e. The molecule has 5 nitrogen and oxygen atoms in total. The van der Waals surface area contributed by atoms with Crippen LogP contribution in [-0.2, 0) is 22.3 Å². The first kappa shape index (κ1) is 16.9. The lowest BCUT2D eigenvalue weighted by atomic mass is 9.97. The average Bonchev–Trinajstić information content (AvgIpc) is 3.23. The third kappa shape index (κ3) is 3.35. The molecule has 5 rings (SSSR count). The van der Waals surface area contributed by atoms with Crippen LogP contribution in [0.15, 0.2) is 0 Å². The quantitative estimate of drug-likeness (QED) is 0.828. The maximum atomic E-state index is 6.00. The first-order chi connectivity index (χ1) is 12.8. The van der Waals surface area contributed by atoms with Crippen molar-refractivity contribution < 1.29 is 9.47 Å². The highest BCUT2D eigenvalue weighted by Crippen LogP contribution is 2.43. The Kier molecular flexibility index (Phi) is 4.59. The van der Waals surface area contributed by atoms with Crippen molar-refractivity contribution in [3.05, 3.63) is 16.3 Å². The maximum Gasteiger partial charge on any atom is 0.139 e. The van der Waals surface area contributed by atoms with Gasteiger partial charge in [0.15, 0.2) is 0 Å². The molecule has 0 aromatic carbocycles. The van der Waals surface area contributed by atoms with Crippen molar-refractivity contribution in [3.63, 3.8) is 0 Å². The summed E-state index contributed by atoms with van der Waals surface area (Å²) in [5, 5.41) is 4.94. The summed E-state index contributed by atoms with van der Waals surface area (Å²) in [6.45, 7) is 4.42. The molecule has 1 aliphatic heterocycles. The Morgan fingerprint density at radius 1 is 1.23 bits per heavy atom. The van der Waals surface area contributed by atoms with Gasteiger partial charge in [0.2, 0.25) is 0 Å². The average molecular weight is 374 g/mol. The molecule has 0 amide bonds. The van der Waals surface area contributed by atoms with Gasteiger partial charge in [-0.15, -0.1) is 11.3 Å². The molecule has 1 saturated carbocycles. The zero-order valence-electron chi connectivity index (χ0n) is 15.4. The molecule has 26 heavy (non-hydrogen) atoms. The second-order valence-electron chi connectivity index (χ2n) is 7.96. The van der Waals surface area contributed by atoms with Gasteiger partial charge in [0, 0.05) is 23.4 Å². The Bertz CT molecular complexity index is 796. The summed E-state index contributed by atoms with van der Waals surface area (Å²) in [6, 6.07) is 0.222. The number of anilines is 1. The molecule has 2 aromatic heterocycles. The highest BCUT2D eigenvalue weighted by molar-refractivity contribution is 7.19. The van der Waals surface area contributed by atoms with Gasteiger partial charge in [-0.25, -0.2) is 9.97 Å². The largest absolute Gasteiger partial charge is 0.379 e. The minimum atomic E-state index is 0.222. The lowest BCUT2D eigenvalue weighted by Gasteiger charge is -2.19. The van der Waals surface area contributed by atoms with Crippen LogP contribution in [0.5, 0.6) is 0 Å². The van der Waals surface area contributed by atoms with Crippen LogP contribution in [0.2, 0.25) is 0 Å². The number of aryl methyl sites for hydroxylation is 2. The van der Waals surface area contributed by atoms with Crippen LogP contribution in [0.3, 0.4) is 0 Å². The van der Waals surface area contributed by atoms with Gasteiger partial charge in [-0.2, -0.15) is 0 Å². The molecule has 0 bridgehead atoms. The third-order valence-electron chi connectivity index (χ3n) is 5.63. The van der Waals surface area contributed by atoms with Crippen LogP contribution < -0.4 is 5.32 Å². The Balaban J connectivity index is 1.41. The van der Waals surface area contributed by atoms with Gasteiger partial charge < -0.3 is 14.8 Å². The van der Waals surface area contributed by atoms with Gasteiger partial charge in [-0.1, -0.05) is 0 Å². The summed E-state index contributed by atoms with van der Waals surface area (Å²) in [5.74, 6) is 2.65. The van der Waals surface area contributed by atoms with Gasteiger partial charge in [-0.3, -0.25) is 0 Å². The van der Waals surface area contributed by atoms with E-state index in [0.717, 1.165) is 31.3 Å². The fourth-order valence-electron chi connectivity index (χ4n) is 4.00. The van der Waals surface area contributed by atoms with E-state index in [-0.39, 0.29) is 12.1 Å². The first-order valence-corrected chi connectivity index (χ1v) is 10.9. The van der Waals surface area contributed by atoms with Gasteiger partial charge >= 0.3 is 0 Å². The summed E-state index contributed by atoms with van der Waals surface area (Å²) in [6.07, 6.45) is 8.68. The van der Waals surface area contributed by atoms with E-state index >= 15 is 0 Å². The third-order valence-corrected chi connectivity index (χ3v) is 6.81. The molecule has 1 saturated heterocycles. The Morgan fingerprint density at radius 2 is 2.12 bits per heavy atom. The van der Waals surface area contributed by atoms with Crippen molar-refractivity contribution in [2.24, 2.45) is 0 Å². The van der Waals surface area contributed by atoms with E-state index in [4.69, 9.17) is 19.4 Å². The summed E-state index contributed by atoms with van der Waals surface area (Å²) >= 11 is 1.90. The molecule has 3 aliphatic rings. The molecule has 0 radical (unpaired) electrons. The van der Waals surface area contributed by atoms with Crippen LogP contribution in [-0.4, -0.2) is 41.9 Å². The second-order valence-corrected chi connectivity index (χ2v) is 9.04. The van der Waals surface area contributed by atoms with Crippen LogP contribution in [0.4, 0.5) is 5.82 Å². The molecule has 2 fully saturated rings. The fraction of sp³-hybridized carbons (Fsp3) is 0.700. The lowest BCUT2D eigenvalue weighted by Crippen LogP contribution is -2.26. The Morgan fingerprint density at radius 3 is 2.92 bits per heavy atom. The topological polar surface area (TPSA) is 56.3 Å². The van der Waals surface area contributed by atoms with Crippen molar-refractivity contribution in [2.75, 3.05) is 25.1 Å². The highest BCUT2D eigenvalue weighted by atomic mass is 32.1. The highest BCUT2D eigenvalue weighted by Gasteiger charge is 2.30. The Hall–Kier alpha value is -1.24. The molecule has 3 heterocycles. The van der Waals surface area contributed by atoms with Crippen molar-refractivity contribution in [3.8, 4) is 0 Å². The van der Waals surface area contributed by atoms with Gasteiger partial charge in [0.05, 0.1) is 24.7 Å². The fourth-order valence-corrected chi connectivity index (χ4v) is 5.27. The summed E-state index contributed by atoms with van der Waals surface area (Å²) in [7, 11) is 0. The van der Waals surface area contributed by atoms with E-state index in [2.05, 4.69) is 12.2 Å². The number of thiophene rings is 1. The van der Waals surface area contributed by atoms with Crippen LogP contribution in [0, 0.1) is 0 Å². The molecule has 0 spiro atoms. The second kappa shape index (κ2) is 7.06. The molecule has 2 unspecified atom stereocenters. The van der Waals surface area contributed by atoms with Gasteiger partial charge in [0.25, 0.3) is 0 Å². The SMILES string of the molecule is CC(COC1CCOC1)Nc1nc(C2CC2)nc2sc3c(c12)CCCC3. The summed E-state index contributed by atoms with van der Waals surface area (Å²) in [5.41, 5.74) is 1.50.